The van der Waals surface area contributed by atoms with Crippen LogP contribution in [0.25, 0.3) is 11.0 Å². The van der Waals surface area contributed by atoms with Crippen LogP contribution < -0.4 is 14.8 Å². The number of H-pyrrole nitrogens is 1. The van der Waals surface area contributed by atoms with Gasteiger partial charge in [0.1, 0.15) is 17.3 Å². The van der Waals surface area contributed by atoms with E-state index in [1.165, 1.54) is 5.56 Å². The number of aromatic nitrogens is 2. The van der Waals surface area contributed by atoms with Crippen molar-refractivity contribution < 1.29 is 14.3 Å². The van der Waals surface area contributed by atoms with Crippen LogP contribution in [0.15, 0.2) is 36.4 Å². The van der Waals surface area contributed by atoms with Gasteiger partial charge < -0.3 is 19.8 Å². The van der Waals surface area contributed by atoms with Crippen molar-refractivity contribution in [1.82, 2.24) is 9.97 Å². The fourth-order valence-electron chi connectivity index (χ4n) is 2.64. The van der Waals surface area contributed by atoms with Gasteiger partial charge in [0.15, 0.2) is 0 Å². The van der Waals surface area contributed by atoms with E-state index in [0.717, 1.165) is 16.9 Å². The number of hydrogen-bond donors (Lipinski definition) is 2. The van der Waals surface area contributed by atoms with Crippen molar-refractivity contribution in [2.75, 3.05) is 19.5 Å². The highest BCUT2D eigenvalue weighted by atomic mass is 16.5. The number of fused-ring (bicyclic) bond motifs is 1. The summed E-state index contributed by atoms with van der Waals surface area (Å²) in [7, 11) is 3.14. The van der Waals surface area contributed by atoms with Gasteiger partial charge in [-0.25, -0.2) is 4.98 Å². The third kappa shape index (κ3) is 3.91. The Morgan fingerprint density at radius 1 is 1.16 bits per heavy atom. The maximum Gasteiger partial charge on any atom is 0.224 e. The summed E-state index contributed by atoms with van der Waals surface area (Å²) < 4.78 is 10.4. The minimum absolute atomic E-state index is 0.0971. The lowest BCUT2D eigenvalue weighted by Crippen LogP contribution is -2.13. The normalized spacial score (nSPS) is 10.7. The molecule has 0 aliphatic rings. The maximum absolute atomic E-state index is 12.2. The van der Waals surface area contributed by atoms with Crippen LogP contribution >= 0.6 is 0 Å². The van der Waals surface area contributed by atoms with E-state index in [0.29, 0.717) is 30.0 Å². The average molecular weight is 339 g/mol. The molecule has 0 saturated carbocycles. The number of amides is 1. The molecular formula is C19H21N3O3. The zero-order valence-electron chi connectivity index (χ0n) is 14.6. The van der Waals surface area contributed by atoms with Gasteiger partial charge in [-0.15, -0.1) is 0 Å². The Kier molecular flexibility index (Phi) is 4.88. The molecule has 0 saturated heterocycles. The summed E-state index contributed by atoms with van der Waals surface area (Å²) in [5, 5.41) is 2.86. The van der Waals surface area contributed by atoms with Crippen molar-refractivity contribution in [2.24, 2.45) is 0 Å². The van der Waals surface area contributed by atoms with Gasteiger partial charge in [-0.2, -0.15) is 0 Å². The number of aryl methyl sites for hydroxylation is 2. The number of anilines is 1. The summed E-state index contributed by atoms with van der Waals surface area (Å²) in [4.78, 5) is 20.0. The molecule has 0 aliphatic heterocycles. The molecule has 0 fully saturated rings. The van der Waals surface area contributed by atoms with Crippen LogP contribution in [0.3, 0.4) is 0 Å². The first-order chi connectivity index (χ1) is 12.1. The maximum atomic E-state index is 12.2. The molecule has 0 aliphatic carbocycles. The number of ether oxygens (including phenoxy) is 2. The highest BCUT2D eigenvalue weighted by Crippen LogP contribution is 2.29. The van der Waals surface area contributed by atoms with Gasteiger partial charge in [0.05, 0.1) is 30.9 Å². The van der Waals surface area contributed by atoms with Crippen molar-refractivity contribution in [1.29, 1.82) is 0 Å². The molecule has 2 N–H and O–H groups in total. The summed E-state index contributed by atoms with van der Waals surface area (Å²) >= 11 is 0. The number of rotatable bonds is 6. The minimum atomic E-state index is -0.0971. The Labute approximate surface area is 146 Å². The van der Waals surface area contributed by atoms with Crippen LogP contribution in [0.5, 0.6) is 11.5 Å². The standard InChI is InChI=1S/C19H21N3O3/c1-12-4-6-14-16(10-12)21-18(20-14)8-9-19(23)22-15-7-5-13(24-2)11-17(15)25-3/h4-7,10-11H,8-9H2,1-3H3,(H,20,21)(H,22,23). The molecule has 1 heterocycles. The topological polar surface area (TPSA) is 76.2 Å². The van der Waals surface area contributed by atoms with Crippen molar-refractivity contribution in [3.05, 3.63) is 47.8 Å². The number of carbonyl (C=O) groups excluding carboxylic acids is 1. The number of nitrogens with zero attached hydrogens (tertiary/aromatic N) is 1. The Bertz CT molecular complexity index is 902. The van der Waals surface area contributed by atoms with Crippen molar-refractivity contribution in [3.8, 4) is 11.5 Å². The molecule has 3 rings (SSSR count). The summed E-state index contributed by atoms with van der Waals surface area (Å²) in [5.74, 6) is 1.94. The first kappa shape index (κ1) is 16.8. The molecule has 0 unspecified atom stereocenters. The van der Waals surface area contributed by atoms with E-state index in [2.05, 4.69) is 15.3 Å². The number of imidazole rings is 1. The molecule has 1 aromatic heterocycles. The monoisotopic (exact) mass is 339 g/mol. The van der Waals surface area contributed by atoms with Gasteiger partial charge >= 0.3 is 0 Å². The molecule has 0 atom stereocenters. The Balaban J connectivity index is 1.64. The Morgan fingerprint density at radius 2 is 2.00 bits per heavy atom. The summed E-state index contributed by atoms with van der Waals surface area (Å²) in [6.07, 6.45) is 0.867. The van der Waals surface area contributed by atoms with Crippen molar-refractivity contribution in [3.63, 3.8) is 0 Å². The van der Waals surface area contributed by atoms with Crippen molar-refractivity contribution in [2.45, 2.75) is 19.8 Å². The second kappa shape index (κ2) is 7.25. The fraction of sp³-hybridized carbons (Fsp3) is 0.263. The van der Waals surface area contributed by atoms with E-state index in [1.807, 2.05) is 25.1 Å². The second-order valence-corrected chi connectivity index (χ2v) is 5.82. The quantitative estimate of drug-likeness (QED) is 0.721. The smallest absolute Gasteiger partial charge is 0.224 e. The molecule has 130 valence electrons. The van der Waals surface area contributed by atoms with Crippen molar-refractivity contribution >= 4 is 22.6 Å². The molecule has 2 aromatic carbocycles. The van der Waals surface area contributed by atoms with Gasteiger partial charge in [0.25, 0.3) is 0 Å². The van der Waals surface area contributed by atoms with Gasteiger partial charge in [0, 0.05) is 18.9 Å². The molecular weight excluding hydrogens is 318 g/mol. The van der Waals surface area contributed by atoms with Gasteiger partial charge in [-0.05, 0) is 36.8 Å². The predicted octanol–water partition coefficient (Wildman–Crippen LogP) is 3.46. The number of benzene rings is 2. The fourth-order valence-corrected chi connectivity index (χ4v) is 2.64. The SMILES string of the molecule is COc1ccc(NC(=O)CCc2nc3ccc(C)cc3[nH]2)c(OC)c1. The lowest BCUT2D eigenvalue weighted by Gasteiger charge is -2.11. The Morgan fingerprint density at radius 3 is 2.76 bits per heavy atom. The van der Waals surface area contributed by atoms with Crippen LogP contribution in [0.4, 0.5) is 5.69 Å². The van der Waals surface area contributed by atoms with E-state index >= 15 is 0 Å². The zero-order chi connectivity index (χ0) is 17.8. The highest BCUT2D eigenvalue weighted by Gasteiger charge is 2.10. The number of nitrogens with one attached hydrogen (secondary N) is 2. The lowest BCUT2D eigenvalue weighted by molar-refractivity contribution is -0.116. The van der Waals surface area contributed by atoms with Crippen LogP contribution in [-0.2, 0) is 11.2 Å². The lowest BCUT2D eigenvalue weighted by atomic mass is 10.2. The molecule has 0 spiro atoms. The zero-order valence-corrected chi connectivity index (χ0v) is 14.6. The average Bonchev–Trinajstić information content (AvgIpc) is 3.02. The summed E-state index contributed by atoms with van der Waals surface area (Å²) in [6.45, 7) is 2.04. The second-order valence-electron chi connectivity index (χ2n) is 5.82. The largest absolute Gasteiger partial charge is 0.497 e. The summed E-state index contributed by atoms with van der Waals surface area (Å²) in [6, 6.07) is 11.3. The molecule has 0 bridgehead atoms. The van der Waals surface area contributed by atoms with Gasteiger partial charge in [0.2, 0.25) is 5.91 Å². The van der Waals surface area contributed by atoms with E-state index in [-0.39, 0.29) is 5.91 Å². The van der Waals surface area contributed by atoms with Gasteiger partial charge in [-0.1, -0.05) is 6.07 Å². The van der Waals surface area contributed by atoms with Crippen LogP contribution in [0.2, 0.25) is 0 Å². The van der Waals surface area contributed by atoms with E-state index in [1.54, 1.807) is 32.4 Å². The molecule has 3 aromatic rings. The predicted molar refractivity (Wildman–Crippen MR) is 97.3 cm³/mol. The van der Waals surface area contributed by atoms with Crippen LogP contribution in [0, 0.1) is 6.92 Å². The number of methoxy groups -OCH3 is 2. The first-order valence-electron chi connectivity index (χ1n) is 8.06. The van der Waals surface area contributed by atoms with E-state index in [4.69, 9.17) is 9.47 Å². The first-order valence-corrected chi connectivity index (χ1v) is 8.06. The van der Waals surface area contributed by atoms with E-state index in [9.17, 15) is 4.79 Å². The highest BCUT2D eigenvalue weighted by molar-refractivity contribution is 5.92. The number of carbonyl (C=O) groups is 1. The van der Waals surface area contributed by atoms with Gasteiger partial charge in [-0.3, -0.25) is 4.79 Å². The molecule has 1 amide bonds. The Hall–Kier alpha value is -3.02. The molecule has 0 radical (unpaired) electrons. The third-order valence-electron chi connectivity index (χ3n) is 3.96. The number of hydrogen-bond acceptors (Lipinski definition) is 4. The van der Waals surface area contributed by atoms with Crippen LogP contribution in [-0.4, -0.2) is 30.1 Å². The summed E-state index contributed by atoms with van der Waals surface area (Å²) in [5.41, 5.74) is 3.70. The molecule has 6 nitrogen and oxygen atoms in total. The number of aromatic amines is 1. The molecule has 6 heteroatoms. The van der Waals surface area contributed by atoms with Crippen LogP contribution in [0.1, 0.15) is 17.8 Å². The minimum Gasteiger partial charge on any atom is -0.497 e. The molecule has 25 heavy (non-hydrogen) atoms. The van der Waals surface area contributed by atoms with E-state index < -0.39 is 0 Å². The third-order valence-corrected chi connectivity index (χ3v) is 3.96.